The van der Waals surface area contributed by atoms with E-state index in [0.29, 0.717) is 0 Å². The number of nitrogens with zero attached hydrogens (tertiary/aromatic N) is 4. The zero-order valence-corrected chi connectivity index (χ0v) is 29.4. The van der Waals surface area contributed by atoms with Gasteiger partial charge >= 0.3 is 0 Å². The van der Waals surface area contributed by atoms with Crippen molar-refractivity contribution in [3.8, 4) is 0 Å². The lowest BCUT2D eigenvalue weighted by Crippen LogP contribution is -2.24. The summed E-state index contributed by atoms with van der Waals surface area (Å²) in [6, 6.07) is 34.9. The summed E-state index contributed by atoms with van der Waals surface area (Å²) in [6.45, 7) is 0. The number of rotatable bonds is 0. The fourth-order valence-electron chi connectivity index (χ4n) is 8.68. The molecule has 7 aliphatic rings. The zero-order valence-electron chi connectivity index (χ0n) is 27.7. The number of aromatic amines is 2. The predicted octanol–water partition coefficient (Wildman–Crippen LogP) is 11.3. The minimum Gasteiger partial charge on any atom is -0.355 e. The van der Waals surface area contributed by atoms with Gasteiger partial charge in [-0.2, -0.15) is 0 Å². The van der Waals surface area contributed by atoms with Crippen LogP contribution in [0.25, 0.3) is 87.5 Å². The van der Waals surface area contributed by atoms with Crippen LogP contribution in [0, 0.1) is 11.8 Å². The summed E-state index contributed by atoms with van der Waals surface area (Å²) in [6.07, 6.45) is 10.5. The van der Waals surface area contributed by atoms with Gasteiger partial charge in [0.15, 0.2) is 0 Å². The lowest BCUT2D eigenvalue weighted by Gasteiger charge is -2.39. The van der Waals surface area contributed by atoms with Gasteiger partial charge in [-0.05, 0) is 157 Å². The first-order valence-corrected chi connectivity index (χ1v) is 19.3. The molecule has 10 heterocycles. The Kier molecular flexibility index (Phi) is 5.95. The van der Waals surface area contributed by atoms with Crippen LogP contribution in [0.1, 0.15) is 58.4 Å². The summed E-state index contributed by atoms with van der Waals surface area (Å²) < 4.78 is 4.77. The van der Waals surface area contributed by atoms with E-state index in [4.69, 9.17) is 19.9 Å². The molecule has 0 fully saturated rings. The average Bonchev–Trinajstić information content (AvgIpc) is 3.98. The minimum atomic E-state index is 0.163. The van der Waals surface area contributed by atoms with Crippen molar-refractivity contribution in [1.82, 2.24) is 29.9 Å². The molecule has 0 atom stereocenters. The number of aromatic nitrogens is 6. The monoisotopic (exact) mass is 704 g/mol. The average molecular weight is 705 g/mol. The van der Waals surface area contributed by atoms with Crippen LogP contribution < -0.4 is 0 Å². The van der Waals surface area contributed by atoms with E-state index < -0.39 is 0 Å². The van der Waals surface area contributed by atoms with E-state index >= 15 is 0 Å². The van der Waals surface area contributed by atoms with E-state index in [2.05, 4.69) is 131 Å². The Morgan fingerprint density at radius 1 is 0.385 bits per heavy atom. The van der Waals surface area contributed by atoms with Gasteiger partial charge in [0.2, 0.25) is 0 Å². The third-order valence-corrected chi connectivity index (χ3v) is 12.7. The Hall–Kier alpha value is -5.96. The summed E-state index contributed by atoms with van der Waals surface area (Å²) in [5, 5.41) is 0. The summed E-state index contributed by atoms with van der Waals surface area (Å²) in [5.74, 6) is 0.334. The predicted molar refractivity (Wildman–Crippen MR) is 217 cm³/mol. The lowest BCUT2D eigenvalue weighted by atomic mass is 9.62. The number of H-pyrrole nitrogens is 2. The highest BCUT2D eigenvalue weighted by Crippen LogP contribution is 2.62. The maximum absolute atomic E-state index is 5.43. The van der Waals surface area contributed by atoms with Crippen molar-refractivity contribution < 1.29 is 0 Å². The standard InChI is InChI=1S/C44H28N6S2/c1-5-27-19-37-41-35-13-14-36(42(41)38(49-37)20-28-6-2-24(46-28)16-32-10-9-31(51-32)15-23(1)45-27)44-40-22-30-8-4-26(48-30)18-34-12-11-33(52-34)17-25-3-7-29(47-25)21-39(50-40)43(35)44/h1-12,15-22,35-36,45,47H,13-14H2. The van der Waals surface area contributed by atoms with Crippen molar-refractivity contribution in [2.75, 3.05) is 0 Å². The van der Waals surface area contributed by atoms with Crippen LogP contribution in [0.15, 0.2) is 97.1 Å². The molecule has 0 unspecified atom stereocenters. The van der Waals surface area contributed by atoms with Crippen LogP contribution in [0.5, 0.6) is 0 Å². The van der Waals surface area contributed by atoms with E-state index in [9.17, 15) is 0 Å². The highest BCUT2D eigenvalue weighted by Gasteiger charge is 2.47. The van der Waals surface area contributed by atoms with E-state index in [0.717, 1.165) is 80.5 Å². The maximum Gasteiger partial charge on any atom is 0.0700 e. The first-order chi connectivity index (χ1) is 25.6. The molecular weight excluding hydrogens is 677 g/mol. The molecular formula is C44H28N6S2. The Balaban J connectivity index is 1.10. The topological polar surface area (TPSA) is 83.1 Å². The van der Waals surface area contributed by atoms with Crippen LogP contribution in [0.4, 0.5) is 0 Å². The van der Waals surface area contributed by atoms with Gasteiger partial charge in [-0.1, -0.05) is 0 Å². The minimum absolute atomic E-state index is 0.163. The van der Waals surface area contributed by atoms with Crippen LogP contribution >= 0.6 is 22.7 Å². The Morgan fingerprint density at radius 2 is 0.731 bits per heavy atom. The normalized spacial score (nSPS) is 18.3. The number of nitrogens with one attached hydrogen (secondary N) is 2. The number of allylic oxidation sites excluding steroid dienone is 4. The third-order valence-electron chi connectivity index (χ3n) is 10.8. The summed E-state index contributed by atoms with van der Waals surface area (Å²) in [5.41, 5.74) is 17.4. The lowest BCUT2D eigenvalue weighted by molar-refractivity contribution is 0.586. The van der Waals surface area contributed by atoms with E-state index in [1.54, 1.807) is 22.7 Å². The Morgan fingerprint density at radius 3 is 1.15 bits per heavy atom. The van der Waals surface area contributed by atoms with Gasteiger partial charge in [0.25, 0.3) is 0 Å². The van der Waals surface area contributed by atoms with Crippen LogP contribution in [0.3, 0.4) is 0 Å². The van der Waals surface area contributed by atoms with E-state index in [-0.39, 0.29) is 11.8 Å². The smallest absolute Gasteiger partial charge is 0.0700 e. The molecule has 4 aliphatic heterocycles. The Bertz CT molecular complexity index is 2850. The quantitative estimate of drug-likeness (QED) is 0.165. The fourth-order valence-corrected chi connectivity index (χ4v) is 10.5. The van der Waals surface area contributed by atoms with Gasteiger partial charge in [-0.3, -0.25) is 0 Å². The number of thiophene rings is 2. The van der Waals surface area contributed by atoms with E-state index in [1.165, 1.54) is 41.1 Å². The molecule has 0 aromatic carbocycles. The summed E-state index contributed by atoms with van der Waals surface area (Å²) in [7, 11) is 0. The highest BCUT2D eigenvalue weighted by molar-refractivity contribution is 7.23. The van der Waals surface area contributed by atoms with Crippen molar-refractivity contribution in [2.24, 2.45) is 11.8 Å². The number of hydrogen-bond acceptors (Lipinski definition) is 6. The van der Waals surface area contributed by atoms with Crippen LogP contribution in [0.2, 0.25) is 0 Å². The van der Waals surface area contributed by atoms with E-state index in [1.807, 2.05) is 0 Å². The molecule has 6 aromatic heterocycles. The van der Waals surface area contributed by atoms with Gasteiger partial charge in [0, 0.05) is 52.7 Å². The molecule has 13 rings (SSSR count). The largest absolute Gasteiger partial charge is 0.355 e. The van der Waals surface area contributed by atoms with Gasteiger partial charge < -0.3 is 9.97 Å². The molecule has 52 heavy (non-hydrogen) atoms. The second-order valence-electron chi connectivity index (χ2n) is 14.1. The molecule has 8 heteroatoms. The van der Waals surface area contributed by atoms with Crippen molar-refractivity contribution in [1.29, 1.82) is 0 Å². The second kappa shape index (κ2) is 10.8. The summed E-state index contributed by atoms with van der Waals surface area (Å²) >= 11 is 3.54. The number of hydrogen-bond donors (Lipinski definition) is 2. The second-order valence-corrected chi connectivity index (χ2v) is 16.4. The molecule has 0 radical (unpaired) electrons. The van der Waals surface area contributed by atoms with Gasteiger partial charge in [0.1, 0.15) is 0 Å². The maximum atomic E-state index is 5.43. The van der Waals surface area contributed by atoms with Crippen molar-refractivity contribution >= 4 is 110 Å². The van der Waals surface area contributed by atoms with Crippen molar-refractivity contribution in [3.63, 3.8) is 0 Å². The fraction of sp³-hybridized carbons (Fsp3) is 0.0909. The van der Waals surface area contributed by atoms with Crippen molar-refractivity contribution in [3.05, 3.63) is 143 Å². The zero-order chi connectivity index (χ0) is 33.9. The SMILES string of the molecule is C1=Cc2cc3ccc(cc4ccc(cc5nc(cc1n2)C1=C5C2CCC1C1=C2c2cc5ccc(cc6ccc(cc7nc(cc1n2)C=C7)s6)[nH]5)[nH]4)s3. The Labute approximate surface area is 306 Å². The summed E-state index contributed by atoms with van der Waals surface area (Å²) in [4.78, 5) is 28.2. The molecule has 3 aliphatic carbocycles. The molecule has 6 nitrogen and oxygen atoms in total. The molecule has 0 amide bonds. The van der Waals surface area contributed by atoms with Crippen LogP contribution in [-0.4, -0.2) is 29.9 Å². The first-order valence-electron chi connectivity index (χ1n) is 17.7. The number of fused-ring (bicyclic) bond motifs is 17. The molecule has 0 spiro atoms. The highest BCUT2D eigenvalue weighted by atomic mass is 32.1. The molecule has 0 saturated heterocycles. The third kappa shape index (κ3) is 4.61. The van der Waals surface area contributed by atoms with Gasteiger partial charge in [-0.15, -0.1) is 22.7 Å². The molecule has 6 aromatic rings. The van der Waals surface area contributed by atoms with Gasteiger partial charge in [0.05, 0.1) is 45.6 Å². The molecule has 18 bridgehead atoms. The van der Waals surface area contributed by atoms with Crippen molar-refractivity contribution in [2.45, 2.75) is 12.8 Å². The molecule has 0 saturated carbocycles. The first kappa shape index (κ1) is 28.7. The van der Waals surface area contributed by atoms with Crippen LogP contribution in [-0.2, 0) is 0 Å². The van der Waals surface area contributed by atoms with Gasteiger partial charge in [-0.25, -0.2) is 19.9 Å². The molecule has 246 valence electrons. The molecule has 2 N–H and O–H groups in total.